The monoisotopic (exact) mass is 355 g/mol. The molecule has 3 aliphatic heterocycles. The van der Waals surface area contributed by atoms with Gasteiger partial charge in [-0.1, -0.05) is 12.1 Å². The van der Waals surface area contributed by atoms with Crippen molar-refractivity contribution in [3.05, 3.63) is 29.8 Å². The van der Waals surface area contributed by atoms with Crippen LogP contribution in [0.2, 0.25) is 0 Å². The van der Waals surface area contributed by atoms with Crippen molar-refractivity contribution in [3.8, 4) is 0 Å². The summed E-state index contributed by atoms with van der Waals surface area (Å²) in [7, 11) is 0. The highest BCUT2D eigenvalue weighted by atomic mass is 16.2. The summed E-state index contributed by atoms with van der Waals surface area (Å²) < 4.78 is 0. The van der Waals surface area contributed by atoms with Crippen LogP contribution in [-0.2, 0) is 9.59 Å². The van der Waals surface area contributed by atoms with Crippen LogP contribution in [-0.4, -0.2) is 59.2 Å². The molecule has 2 saturated heterocycles. The van der Waals surface area contributed by atoms with Gasteiger partial charge in [0.1, 0.15) is 12.6 Å². The molecule has 3 amide bonds. The molecular weight excluding hydrogens is 330 g/mol. The number of para-hydroxylation sites is 1. The van der Waals surface area contributed by atoms with Crippen LogP contribution in [0, 0.1) is 0 Å². The summed E-state index contributed by atoms with van der Waals surface area (Å²) in [6, 6.07) is 6.92. The topological polar surface area (TPSA) is 60.9 Å². The number of piperidine rings is 1. The van der Waals surface area contributed by atoms with Gasteiger partial charge in [-0.25, -0.2) is 0 Å². The molecule has 26 heavy (non-hydrogen) atoms. The van der Waals surface area contributed by atoms with Crippen molar-refractivity contribution in [1.29, 1.82) is 0 Å². The largest absolute Gasteiger partial charge is 0.338 e. The average molecular weight is 355 g/mol. The van der Waals surface area contributed by atoms with Crippen LogP contribution in [0.15, 0.2) is 24.3 Å². The lowest BCUT2D eigenvalue weighted by Crippen LogP contribution is -2.51. The van der Waals surface area contributed by atoms with E-state index in [4.69, 9.17) is 0 Å². The fourth-order valence-corrected chi connectivity index (χ4v) is 4.47. The lowest BCUT2D eigenvalue weighted by Gasteiger charge is -2.35. The summed E-state index contributed by atoms with van der Waals surface area (Å²) in [6.45, 7) is 3.43. The number of fused-ring (bicyclic) bond motifs is 2. The number of likely N-dealkylation sites (tertiary alicyclic amines) is 1. The van der Waals surface area contributed by atoms with E-state index in [1.807, 2.05) is 17.0 Å². The van der Waals surface area contributed by atoms with Gasteiger partial charge < -0.3 is 14.7 Å². The molecule has 0 aromatic heterocycles. The standard InChI is InChI=1S/C20H25N3O3/c1-14-7-4-5-11-21(14)18(24)13-23-16-9-3-2-8-15(16)19(25)22-12-6-10-17(22)20(23)26/h2-3,8-9,14,17H,4-7,10-13H2,1H3/t14-,17+/m1/s1. The zero-order valence-corrected chi connectivity index (χ0v) is 15.2. The number of nitrogens with zero attached hydrogens (tertiary/aromatic N) is 3. The Balaban J connectivity index is 1.67. The molecule has 0 radical (unpaired) electrons. The molecule has 3 aliphatic rings. The first kappa shape index (κ1) is 17.1. The van der Waals surface area contributed by atoms with E-state index in [2.05, 4.69) is 6.92 Å². The van der Waals surface area contributed by atoms with E-state index in [1.165, 1.54) is 0 Å². The molecule has 0 spiro atoms. The van der Waals surface area contributed by atoms with Gasteiger partial charge in [0.15, 0.2) is 0 Å². The van der Waals surface area contributed by atoms with Gasteiger partial charge in [-0.3, -0.25) is 14.4 Å². The molecule has 6 nitrogen and oxygen atoms in total. The normalized spacial score (nSPS) is 25.8. The molecule has 1 aromatic carbocycles. The third-order valence-electron chi connectivity index (χ3n) is 5.91. The Hall–Kier alpha value is -2.37. The van der Waals surface area contributed by atoms with Crippen molar-refractivity contribution < 1.29 is 14.4 Å². The van der Waals surface area contributed by atoms with E-state index in [0.29, 0.717) is 24.2 Å². The van der Waals surface area contributed by atoms with Gasteiger partial charge in [-0.2, -0.15) is 0 Å². The molecular formula is C20H25N3O3. The van der Waals surface area contributed by atoms with Crippen molar-refractivity contribution in [2.75, 3.05) is 24.5 Å². The molecule has 4 rings (SSSR count). The lowest BCUT2D eigenvalue weighted by atomic mass is 10.0. The Labute approximate surface area is 153 Å². The van der Waals surface area contributed by atoms with E-state index in [0.717, 1.165) is 32.2 Å². The van der Waals surface area contributed by atoms with E-state index >= 15 is 0 Å². The summed E-state index contributed by atoms with van der Waals surface area (Å²) in [6.07, 6.45) is 4.65. The number of hydrogen-bond donors (Lipinski definition) is 0. The molecule has 3 heterocycles. The van der Waals surface area contributed by atoms with Gasteiger partial charge in [0.25, 0.3) is 5.91 Å². The van der Waals surface area contributed by atoms with Crippen LogP contribution in [0.5, 0.6) is 0 Å². The first-order valence-electron chi connectivity index (χ1n) is 9.59. The van der Waals surface area contributed by atoms with Crippen LogP contribution >= 0.6 is 0 Å². The summed E-state index contributed by atoms with van der Waals surface area (Å²) in [4.78, 5) is 44.2. The first-order chi connectivity index (χ1) is 12.6. The highest BCUT2D eigenvalue weighted by molar-refractivity contribution is 6.12. The fraction of sp³-hybridized carbons (Fsp3) is 0.550. The Kier molecular flexibility index (Phi) is 4.42. The Morgan fingerprint density at radius 3 is 2.69 bits per heavy atom. The van der Waals surface area contributed by atoms with Gasteiger partial charge in [0.2, 0.25) is 11.8 Å². The SMILES string of the molecule is C[C@@H]1CCCCN1C(=O)CN1C(=O)[C@@H]2CCCN2C(=O)c2ccccc21. The van der Waals surface area contributed by atoms with Crippen molar-refractivity contribution in [1.82, 2.24) is 9.80 Å². The van der Waals surface area contributed by atoms with E-state index in [1.54, 1.807) is 21.9 Å². The van der Waals surface area contributed by atoms with E-state index < -0.39 is 6.04 Å². The van der Waals surface area contributed by atoms with Crippen LogP contribution in [0.25, 0.3) is 0 Å². The third-order valence-corrected chi connectivity index (χ3v) is 5.91. The highest BCUT2D eigenvalue weighted by Crippen LogP contribution is 2.32. The molecule has 2 atom stereocenters. The van der Waals surface area contributed by atoms with Crippen LogP contribution in [0.1, 0.15) is 49.4 Å². The minimum Gasteiger partial charge on any atom is -0.338 e. The molecule has 2 fully saturated rings. The first-order valence-corrected chi connectivity index (χ1v) is 9.59. The fourth-order valence-electron chi connectivity index (χ4n) is 4.47. The number of anilines is 1. The quantitative estimate of drug-likeness (QED) is 0.816. The Bertz CT molecular complexity index is 748. The van der Waals surface area contributed by atoms with Gasteiger partial charge >= 0.3 is 0 Å². The van der Waals surface area contributed by atoms with Crippen molar-refractivity contribution in [2.24, 2.45) is 0 Å². The second kappa shape index (κ2) is 6.74. The summed E-state index contributed by atoms with van der Waals surface area (Å²) in [5, 5.41) is 0. The minimum atomic E-state index is -0.443. The molecule has 6 heteroatoms. The number of hydrogen-bond acceptors (Lipinski definition) is 3. The number of benzene rings is 1. The molecule has 0 bridgehead atoms. The lowest BCUT2D eigenvalue weighted by molar-refractivity contribution is -0.134. The van der Waals surface area contributed by atoms with Crippen molar-refractivity contribution in [2.45, 2.75) is 51.1 Å². The molecule has 1 aromatic rings. The van der Waals surface area contributed by atoms with Crippen molar-refractivity contribution in [3.63, 3.8) is 0 Å². The number of carbonyl (C=O) groups is 3. The zero-order chi connectivity index (χ0) is 18.3. The molecule has 0 aliphatic carbocycles. The zero-order valence-electron chi connectivity index (χ0n) is 15.2. The molecule has 0 saturated carbocycles. The second-order valence-electron chi connectivity index (χ2n) is 7.53. The van der Waals surface area contributed by atoms with Gasteiger partial charge in [-0.05, 0) is 51.2 Å². The Morgan fingerprint density at radius 2 is 1.88 bits per heavy atom. The van der Waals surface area contributed by atoms with Crippen molar-refractivity contribution >= 4 is 23.4 Å². The number of rotatable bonds is 2. The molecule has 0 N–H and O–H groups in total. The van der Waals surface area contributed by atoms with Gasteiger partial charge in [-0.15, -0.1) is 0 Å². The molecule has 0 unspecified atom stereocenters. The Morgan fingerprint density at radius 1 is 1.08 bits per heavy atom. The maximum absolute atomic E-state index is 13.2. The predicted molar refractivity (Wildman–Crippen MR) is 97.9 cm³/mol. The maximum Gasteiger partial charge on any atom is 0.256 e. The van der Waals surface area contributed by atoms with E-state index in [9.17, 15) is 14.4 Å². The summed E-state index contributed by atoms with van der Waals surface area (Å²) in [5.41, 5.74) is 1.08. The minimum absolute atomic E-state index is 0.0117. The number of carbonyl (C=O) groups excluding carboxylic acids is 3. The van der Waals surface area contributed by atoms with Crippen LogP contribution in [0.4, 0.5) is 5.69 Å². The third kappa shape index (κ3) is 2.77. The van der Waals surface area contributed by atoms with Gasteiger partial charge in [0.05, 0.1) is 11.3 Å². The van der Waals surface area contributed by atoms with Crippen LogP contribution in [0.3, 0.4) is 0 Å². The average Bonchev–Trinajstić information content (AvgIpc) is 3.12. The maximum atomic E-state index is 13.2. The number of amides is 3. The summed E-state index contributed by atoms with van der Waals surface area (Å²) >= 11 is 0. The molecule has 138 valence electrons. The van der Waals surface area contributed by atoms with Crippen LogP contribution < -0.4 is 4.90 Å². The highest BCUT2D eigenvalue weighted by Gasteiger charge is 2.42. The van der Waals surface area contributed by atoms with E-state index in [-0.39, 0.29) is 30.3 Å². The second-order valence-corrected chi connectivity index (χ2v) is 7.53. The smallest absolute Gasteiger partial charge is 0.256 e. The summed E-state index contributed by atoms with van der Waals surface area (Å²) in [5.74, 6) is -0.254. The van der Waals surface area contributed by atoms with Gasteiger partial charge in [0, 0.05) is 19.1 Å². The predicted octanol–water partition coefficient (Wildman–Crippen LogP) is 2.04.